The van der Waals surface area contributed by atoms with Gasteiger partial charge in [0.15, 0.2) is 0 Å². The van der Waals surface area contributed by atoms with E-state index >= 15 is 0 Å². The number of anilines is 1. The van der Waals surface area contributed by atoms with Crippen LogP contribution in [-0.2, 0) is 19.6 Å². The Morgan fingerprint density at radius 3 is 2.35 bits per heavy atom. The second kappa shape index (κ2) is 9.89. The molecule has 1 heterocycles. The molecule has 1 aliphatic rings. The molecule has 0 aromatic heterocycles. The molecule has 1 saturated heterocycles. The van der Waals surface area contributed by atoms with Gasteiger partial charge in [0.05, 0.1) is 17.5 Å². The molecule has 0 saturated carbocycles. The molecule has 0 spiro atoms. The summed E-state index contributed by atoms with van der Waals surface area (Å²) < 4.78 is 33.1. The van der Waals surface area contributed by atoms with Crippen LogP contribution in [0.2, 0.25) is 10.0 Å². The number of sulfonamides is 1. The van der Waals surface area contributed by atoms with Crippen molar-refractivity contribution in [3.8, 4) is 0 Å². The minimum Gasteiger partial charge on any atom is -0.466 e. The molecule has 0 radical (unpaired) electrons. The lowest BCUT2D eigenvalue weighted by Crippen LogP contribution is -2.40. The number of likely N-dealkylation sites (tertiary alicyclic amines) is 1. The quantitative estimate of drug-likeness (QED) is 0.619. The molecule has 0 unspecified atom stereocenters. The van der Waals surface area contributed by atoms with Gasteiger partial charge in [0.2, 0.25) is 0 Å². The molecule has 0 bridgehead atoms. The van der Waals surface area contributed by atoms with Crippen LogP contribution in [0.3, 0.4) is 0 Å². The maximum atomic E-state index is 12.9. The third kappa shape index (κ3) is 5.70. The number of benzene rings is 2. The van der Waals surface area contributed by atoms with Crippen molar-refractivity contribution in [2.75, 3.05) is 24.4 Å². The number of carbonyl (C=O) groups is 2. The van der Waals surface area contributed by atoms with Crippen LogP contribution < -0.4 is 4.72 Å². The molecular weight excluding hydrogens is 463 g/mol. The summed E-state index contributed by atoms with van der Waals surface area (Å²) in [6.45, 7) is 2.85. The van der Waals surface area contributed by atoms with E-state index in [1.54, 1.807) is 24.0 Å². The summed E-state index contributed by atoms with van der Waals surface area (Å²) in [7, 11) is -4.03. The molecule has 0 atom stereocenters. The van der Waals surface area contributed by atoms with E-state index in [2.05, 4.69) is 4.72 Å². The standard InChI is InChI=1S/C21H22Cl2N2O5S/c1-2-30-21(27)14-9-11-25(12-10-14)20(26)15-3-8-18(23)19(13-15)31(28,29)24-17-6-4-16(22)5-7-17/h3-8,13-14,24H,2,9-12H2,1H3. The number of carbonyl (C=O) groups excluding carboxylic acids is 2. The molecule has 7 nitrogen and oxygen atoms in total. The highest BCUT2D eigenvalue weighted by atomic mass is 35.5. The fourth-order valence-electron chi connectivity index (χ4n) is 3.33. The van der Waals surface area contributed by atoms with Gasteiger partial charge in [0, 0.05) is 29.4 Å². The minimum absolute atomic E-state index is 0.000896. The van der Waals surface area contributed by atoms with Crippen LogP contribution in [0, 0.1) is 5.92 Å². The van der Waals surface area contributed by atoms with Gasteiger partial charge in [-0.1, -0.05) is 23.2 Å². The summed E-state index contributed by atoms with van der Waals surface area (Å²) in [4.78, 5) is 26.2. The summed E-state index contributed by atoms with van der Waals surface area (Å²) in [5.41, 5.74) is 0.522. The lowest BCUT2D eigenvalue weighted by atomic mass is 9.96. The van der Waals surface area contributed by atoms with Crippen LogP contribution in [-0.4, -0.2) is 44.9 Å². The van der Waals surface area contributed by atoms with Gasteiger partial charge in [-0.25, -0.2) is 8.42 Å². The third-order valence-corrected chi connectivity index (χ3v) is 7.08. The number of ether oxygens (including phenoxy) is 1. The summed E-state index contributed by atoms with van der Waals surface area (Å²) in [6, 6.07) is 10.3. The topological polar surface area (TPSA) is 92.8 Å². The van der Waals surface area contributed by atoms with Crippen molar-refractivity contribution in [1.29, 1.82) is 0 Å². The molecule has 1 N–H and O–H groups in total. The fourth-order valence-corrected chi connectivity index (χ4v) is 5.04. The molecule has 2 aromatic rings. The van der Waals surface area contributed by atoms with Crippen LogP contribution in [0.1, 0.15) is 30.1 Å². The molecule has 1 amide bonds. The molecule has 166 valence electrons. The zero-order valence-electron chi connectivity index (χ0n) is 16.8. The van der Waals surface area contributed by atoms with Crippen molar-refractivity contribution in [1.82, 2.24) is 4.90 Å². The molecular formula is C21H22Cl2N2O5S. The molecule has 1 aliphatic heterocycles. The minimum atomic E-state index is -4.03. The summed E-state index contributed by atoms with van der Waals surface area (Å²) in [5.74, 6) is -0.793. The highest BCUT2D eigenvalue weighted by molar-refractivity contribution is 7.92. The Balaban J connectivity index is 1.75. The average Bonchev–Trinajstić information content (AvgIpc) is 2.75. The van der Waals surface area contributed by atoms with E-state index in [1.807, 2.05) is 0 Å². The lowest BCUT2D eigenvalue weighted by Gasteiger charge is -2.31. The number of piperidine rings is 1. The first-order chi connectivity index (χ1) is 14.7. The van der Waals surface area contributed by atoms with Gasteiger partial charge in [0.1, 0.15) is 4.90 Å². The summed E-state index contributed by atoms with van der Waals surface area (Å²) >= 11 is 12.0. The van der Waals surface area contributed by atoms with Crippen LogP contribution in [0.15, 0.2) is 47.4 Å². The van der Waals surface area contributed by atoms with Gasteiger partial charge in [-0.15, -0.1) is 0 Å². The van der Waals surface area contributed by atoms with Crippen molar-refractivity contribution >= 4 is 50.8 Å². The molecule has 1 fully saturated rings. The van der Waals surface area contributed by atoms with E-state index in [1.165, 1.54) is 30.3 Å². The van der Waals surface area contributed by atoms with Gasteiger partial charge >= 0.3 is 5.97 Å². The van der Waals surface area contributed by atoms with Crippen molar-refractivity contribution in [3.63, 3.8) is 0 Å². The predicted octanol–water partition coefficient (Wildman–Crippen LogP) is 4.21. The number of hydrogen-bond acceptors (Lipinski definition) is 5. The Bertz CT molecular complexity index is 1070. The summed E-state index contributed by atoms with van der Waals surface area (Å²) in [6.07, 6.45) is 1.00. The van der Waals surface area contributed by atoms with Crippen LogP contribution in [0.5, 0.6) is 0 Å². The zero-order valence-corrected chi connectivity index (χ0v) is 19.1. The monoisotopic (exact) mass is 484 g/mol. The molecule has 0 aliphatic carbocycles. The molecule has 3 rings (SSSR count). The van der Waals surface area contributed by atoms with Gasteiger partial charge in [-0.2, -0.15) is 0 Å². The van der Waals surface area contributed by atoms with Gasteiger partial charge in [-0.05, 0) is 62.2 Å². The summed E-state index contributed by atoms with van der Waals surface area (Å²) in [5, 5.41) is 0.472. The van der Waals surface area contributed by atoms with E-state index in [0.717, 1.165) is 0 Å². The Kier molecular flexibility index (Phi) is 7.46. The molecule has 10 heteroatoms. The second-order valence-corrected chi connectivity index (χ2v) is 9.57. The Hall–Kier alpha value is -2.29. The maximum absolute atomic E-state index is 12.9. The fraction of sp³-hybridized carbons (Fsp3) is 0.333. The number of nitrogens with one attached hydrogen (secondary N) is 1. The Morgan fingerprint density at radius 1 is 1.10 bits per heavy atom. The molecule has 31 heavy (non-hydrogen) atoms. The first-order valence-electron chi connectivity index (χ1n) is 9.75. The van der Waals surface area contributed by atoms with Crippen molar-refractivity contribution in [2.45, 2.75) is 24.7 Å². The first-order valence-corrected chi connectivity index (χ1v) is 12.0. The smallest absolute Gasteiger partial charge is 0.309 e. The molecule has 2 aromatic carbocycles. The van der Waals surface area contributed by atoms with Crippen molar-refractivity contribution < 1.29 is 22.7 Å². The Labute approximate surface area is 191 Å². The van der Waals surface area contributed by atoms with E-state index in [9.17, 15) is 18.0 Å². The van der Waals surface area contributed by atoms with E-state index in [4.69, 9.17) is 27.9 Å². The number of nitrogens with zero attached hydrogens (tertiary/aromatic N) is 1. The number of rotatable bonds is 6. The van der Waals surface area contributed by atoms with Crippen LogP contribution in [0.25, 0.3) is 0 Å². The van der Waals surface area contributed by atoms with Gasteiger partial charge in [0.25, 0.3) is 15.9 Å². The van der Waals surface area contributed by atoms with Crippen LogP contribution in [0.4, 0.5) is 5.69 Å². The number of esters is 1. The Morgan fingerprint density at radius 2 is 1.74 bits per heavy atom. The second-order valence-electron chi connectivity index (χ2n) is 7.08. The highest BCUT2D eigenvalue weighted by Gasteiger charge is 2.29. The third-order valence-electron chi connectivity index (χ3n) is 4.97. The SMILES string of the molecule is CCOC(=O)C1CCN(C(=O)c2ccc(Cl)c(S(=O)(=O)Nc3ccc(Cl)cc3)c2)CC1. The number of halogens is 2. The predicted molar refractivity (Wildman–Crippen MR) is 119 cm³/mol. The maximum Gasteiger partial charge on any atom is 0.309 e. The number of amides is 1. The number of hydrogen-bond donors (Lipinski definition) is 1. The van der Waals surface area contributed by atoms with E-state index in [-0.39, 0.29) is 33.3 Å². The highest BCUT2D eigenvalue weighted by Crippen LogP contribution is 2.27. The van der Waals surface area contributed by atoms with Crippen molar-refractivity contribution in [2.24, 2.45) is 5.92 Å². The van der Waals surface area contributed by atoms with Crippen LogP contribution >= 0.6 is 23.2 Å². The van der Waals surface area contributed by atoms with Gasteiger partial charge in [-0.3, -0.25) is 14.3 Å². The first kappa shape index (κ1) is 23.4. The van der Waals surface area contributed by atoms with E-state index < -0.39 is 10.0 Å². The largest absolute Gasteiger partial charge is 0.466 e. The van der Waals surface area contributed by atoms with Gasteiger partial charge < -0.3 is 9.64 Å². The van der Waals surface area contributed by atoms with Crippen molar-refractivity contribution in [3.05, 3.63) is 58.1 Å². The normalized spacial score (nSPS) is 14.9. The average molecular weight is 485 g/mol. The zero-order chi connectivity index (χ0) is 22.6. The lowest BCUT2D eigenvalue weighted by molar-refractivity contribution is -0.149. The van der Waals surface area contributed by atoms with E-state index in [0.29, 0.717) is 43.2 Å².